The van der Waals surface area contributed by atoms with E-state index >= 15 is 0 Å². The number of esters is 1. The van der Waals surface area contributed by atoms with E-state index < -0.39 is 17.5 Å². The van der Waals surface area contributed by atoms with Gasteiger partial charge < -0.3 is 18.3 Å². The topological polar surface area (TPSA) is 78.9 Å². The average Bonchev–Trinajstić information content (AvgIpc) is 3.13. The van der Waals surface area contributed by atoms with Crippen LogP contribution in [0.15, 0.2) is 44.2 Å². The zero-order chi connectivity index (χ0) is 18.8. The van der Waals surface area contributed by atoms with Crippen molar-refractivity contribution >= 4 is 28.5 Å². The van der Waals surface area contributed by atoms with E-state index in [4.69, 9.17) is 29.9 Å². The Morgan fingerprint density at radius 2 is 2.12 bits per heavy atom. The largest absolute Gasteiger partial charge is 0.471 e. The molecular weight excluding hydrogens is 360 g/mol. The number of carbonyl (C=O) groups is 1. The van der Waals surface area contributed by atoms with Crippen molar-refractivity contribution in [3.63, 3.8) is 0 Å². The van der Waals surface area contributed by atoms with Gasteiger partial charge >= 0.3 is 5.97 Å². The summed E-state index contributed by atoms with van der Waals surface area (Å²) in [5.74, 6) is -0.305. The van der Waals surface area contributed by atoms with Crippen molar-refractivity contribution in [2.45, 2.75) is 26.9 Å². The maximum atomic E-state index is 13.0. The first kappa shape index (κ1) is 18.1. The summed E-state index contributed by atoms with van der Waals surface area (Å²) in [6, 6.07) is 6.48. The molecule has 2 aromatic heterocycles. The number of furan rings is 1. The zero-order valence-electron chi connectivity index (χ0n) is 14.5. The van der Waals surface area contributed by atoms with E-state index in [1.165, 1.54) is 19.3 Å². The minimum absolute atomic E-state index is 0.102. The maximum Gasteiger partial charge on any atom is 0.347 e. The van der Waals surface area contributed by atoms with Crippen molar-refractivity contribution in [1.82, 2.24) is 0 Å². The Morgan fingerprint density at radius 3 is 2.77 bits per heavy atom. The first-order valence-electron chi connectivity index (χ1n) is 8.06. The Kier molecular flexibility index (Phi) is 5.04. The number of aryl methyl sites for hydroxylation is 1. The molecule has 26 heavy (non-hydrogen) atoms. The van der Waals surface area contributed by atoms with Crippen molar-refractivity contribution in [3.05, 3.63) is 51.3 Å². The molecule has 1 atom stereocenters. The Bertz CT molecular complexity index is 1000. The van der Waals surface area contributed by atoms with E-state index in [2.05, 4.69) is 0 Å². The number of benzene rings is 1. The summed E-state index contributed by atoms with van der Waals surface area (Å²) in [5, 5.41) is 0.682. The van der Waals surface area contributed by atoms with Gasteiger partial charge in [-0.3, -0.25) is 4.79 Å². The molecule has 0 saturated heterocycles. The smallest absolute Gasteiger partial charge is 0.347 e. The standard InChI is InChI=1S/C19H17ClO6/c1-4-23-19(22)11(3)25-18-16(21)12-9-13(20)10(2)8-15(12)26-17(18)14-6-5-7-24-14/h5-9,11H,4H2,1-3H3. The predicted octanol–water partition coefficient (Wildman–Crippen LogP) is 4.35. The van der Waals surface area contributed by atoms with Crippen LogP contribution in [0.5, 0.6) is 5.75 Å². The Balaban J connectivity index is 2.20. The molecule has 3 aromatic rings. The number of hydrogen-bond donors (Lipinski definition) is 0. The molecule has 0 aliphatic rings. The first-order chi connectivity index (χ1) is 12.4. The molecule has 136 valence electrons. The lowest BCUT2D eigenvalue weighted by molar-refractivity contribution is -0.150. The third-order valence-electron chi connectivity index (χ3n) is 3.79. The molecule has 7 heteroatoms. The molecule has 1 unspecified atom stereocenters. The van der Waals surface area contributed by atoms with Gasteiger partial charge in [0.1, 0.15) is 5.58 Å². The van der Waals surface area contributed by atoms with Crippen LogP contribution >= 0.6 is 11.6 Å². The van der Waals surface area contributed by atoms with Gasteiger partial charge in [0.25, 0.3) is 0 Å². The fourth-order valence-electron chi connectivity index (χ4n) is 2.46. The molecule has 0 aliphatic carbocycles. The van der Waals surface area contributed by atoms with Gasteiger partial charge in [0.15, 0.2) is 11.9 Å². The highest BCUT2D eigenvalue weighted by atomic mass is 35.5. The van der Waals surface area contributed by atoms with Crippen LogP contribution in [0.2, 0.25) is 5.02 Å². The lowest BCUT2D eigenvalue weighted by atomic mass is 10.1. The third kappa shape index (κ3) is 3.32. The summed E-state index contributed by atoms with van der Waals surface area (Å²) in [6.45, 7) is 5.20. The molecule has 0 amide bonds. The number of hydrogen-bond acceptors (Lipinski definition) is 6. The molecule has 1 aromatic carbocycles. The highest BCUT2D eigenvalue weighted by Crippen LogP contribution is 2.33. The summed E-state index contributed by atoms with van der Waals surface area (Å²) in [7, 11) is 0. The molecule has 3 rings (SSSR count). The van der Waals surface area contributed by atoms with Gasteiger partial charge in [-0.05, 0) is 50.6 Å². The van der Waals surface area contributed by atoms with Crippen molar-refractivity contribution in [2.75, 3.05) is 6.61 Å². The van der Waals surface area contributed by atoms with Gasteiger partial charge in [-0.1, -0.05) is 11.6 Å². The Morgan fingerprint density at radius 1 is 1.35 bits per heavy atom. The molecule has 0 spiro atoms. The van der Waals surface area contributed by atoms with Crippen LogP contribution in [0.1, 0.15) is 19.4 Å². The number of ether oxygens (including phenoxy) is 2. The van der Waals surface area contributed by atoms with Crippen LogP contribution < -0.4 is 10.2 Å². The van der Waals surface area contributed by atoms with E-state index in [1.54, 1.807) is 25.1 Å². The van der Waals surface area contributed by atoms with Gasteiger partial charge in [-0.15, -0.1) is 0 Å². The van der Waals surface area contributed by atoms with Crippen LogP contribution in [0, 0.1) is 6.92 Å². The normalized spacial score (nSPS) is 12.2. The van der Waals surface area contributed by atoms with Crippen LogP contribution in [0.4, 0.5) is 0 Å². The number of rotatable bonds is 5. The summed E-state index contributed by atoms with van der Waals surface area (Å²) >= 11 is 6.13. The highest BCUT2D eigenvalue weighted by molar-refractivity contribution is 6.32. The summed E-state index contributed by atoms with van der Waals surface area (Å²) in [5.41, 5.74) is 0.663. The van der Waals surface area contributed by atoms with Gasteiger partial charge in [-0.25, -0.2) is 4.79 Å². The molecular formula is C19H17ClO6. The van der Waals surface area contributed by atoms with Gasteiger partial charge in [0.2, 0.25) is 16.9 Å². The number of halogens is 1. The van der Waals surface area contributed by atoms with Crippen molar-refractivity contribution in [3.8, 4) is 17.3 Å². The van der Waals surface area contributed by atoms with E-state index in [0.717, 1.165) is 5.56 Å². The monoisotopic (exact) mass is 376 g/mol. The molecule has 0 radical (unpaired) electrons. The van der Waals surface area contributed by atoms with Gasteiger partial charge in [-0.2, -0.15) is 0 Å². The van der Waals surface area contributed by atoms with Gasteiger partial charge in [0.05, 0.1) is 18.3 Å². The van der Waals surface area contributed by atoms with Crippen molar-refractivity contribution in [1.29, 1.82) is 0 Å². The molecule has 0 fully saturated rings. The fourth-order valence-corrected chi connectivity index (χ4v) is 2.62. The lowest BCUT2D eigenvalue weighted by Gasteiger charge is -2.15. The minimum Gasteiger partial charge on any atom is -0.471 e. The maximum absolute atomic E-state index is 13.0. The Hall–Kier alpha value is -2.73. The summed E-state index contributed by atoms with van der Waals surface area (Å²) in [6.07, 6.45) is 0.454. The van der Waals surface area contributed by atoms with Crippen LogP contribution in [0.25, 0.3) is 22.5 Å². The van der Waals surface area contributed by atoms with E-state index in [1.807, 2.05) is 6.92 Å². The van der Waals surface area contributed by atoms with E-state index in [0.29, 0.717) is 16.4 Å². The number of carbonyl (C=O) groups excluding carboxylic acids is 1. The predicted molar refractivity (Wildman–Crippen MR) is 96.7 cm³/mol. The molecule has 0 saturated carbocycles. The van der Waals surface area contributed by atoms with Crippen LogP contribution in [-0.2, 0) is 9.53 Å². The fraction of sp³-hybridized carbons (Fsp3) is 0.263. The lowest BCUT2D eigenvalue weighted by Crippen LogP contribution is -2.28. The number of fused-ring (bicyclic) bond motifs is 1. The second kappa shape index (κ2) is 7.25. The molecule has 0 N–H and O–H groups in total. The summed E-state index contributed by atoms with van der Waals surface area (Å²) < 4.78 is 21.8. The van der Waals surface area contributed by atoms with E-state index in [-0.39, 0.29) is 23.5 Å². The Labute approximate surface area is 154 Å². The quantitative estimate of drug-likeness (QED) is 0.616. The van der Waals surface area contributed by atoms with Gasteiger partial charge in [0, 0.05) is 5.02 Å². The minimum atomic E-state index is -0.995. The SMILES string of the molecule is CCOC(=O)C(C)Oc1c(-c2ccco2)oc2cc(C)c(Cl)cc2c1=O. The third-order valence-corrected chi connectivity index (χ3v) is 4.20. The molecule has 6 nitrogen and oxygen atoms in total. The molecule has 2 heterocycles. The molecule has 0 aliphatic heterocycles. The second-order valence-corrected chi connectivity index (χ2v) is 6.08. The summed E-state index contributed by atoms with van der Waals surface area (Å²) in [4.78, 5) is 24.9. The van der Waals surface area contributed by atoms with Crippen LogP contribution in [0.3, 0.4) is 0 Å². The first-order valence-corrected chi connectivity index (χ1v) is 8.44. The molecule has 0 bridgehead atoms. The van der Waals surface area contributed by atoms with Crippen LogP contribution in [-0.4, -0.2) is 18.7 Å². The van der Waals surface area contributed by atoms with Crippen molar-refractivity contribution in [2.24, 2.45) is 0 Å². The zero-order valence-corrected chi connectivity index (χ0v) is 15.3. The highest BCUT2D eigenvalue weighted by Gasteiger charge is 2.25. The second-order valence-electron chi connectivity index (χ2n) is 5.68. The average molecular weight is 377 g/mol. The van der Waals surface area contributed by atoms with Crippen molar-refractivity contribution < 1.29 is 23.1 Å². The van der Waals surface area contributed by atoms with E-state index in [9.17, 15) is 9.59 Å².